The fraction of sp³-hybridized carbons (Fsp3) is 0.611. The number of carboxylic acids is 1. The Morgan fingerprint density at radius 2 is 1.89 bits per heavy atom. The smallest absolute Gasteiger partial charge is 0.314 e. The van der Waals surface area contributed by atoms with Crippen molar-refractivity contribution in [2.45, 2.75) is 46.3 Å². The van der Waals surface area contributed by atoms with Crippen LogP contribution in [0.15, 0.2) is 0 Å². The van der Waals surface area contributed by atoms with Crippen LogP contribution in [0.25, 0.3) is 0 Å². The number of carbonyl (C=O) groups excluding carboxylic acids is 3. The van der Waals surface area contributed by atoms with Crippen LogP contribution in [0.5, 0.6) is 0 Å². The van der Waals surface area contributed by atoms with Gasteiger partial charge in [-0.1, -0.05) is 0 Å². The maximum atomic E-state index is 12.2. The molecule has 0 aliphatic carbocycles. The van der Waals surface area contributed by atoms with Gasteiger partial charge in [-0.25, -0.2) is 0 Å². The number of rotatable bonds is 7. The van der Waals surface area contributed by atoms with Gasteiger partial charge >= 0.3 is 11.8 Å². The summed E-state index contributed by atoms with van der Waals surface area (Å²) in [6.07, 6.45) is 0.400. The first-order valence-corrected chi connectivity index (χ1v) is 9.92. The molecule has 1 aromatic heterocycles. The van der Waals surface area contributed by atoms with E-state index in [-0.39, 0.29) is 17.2 Å². The van der Waals surface area contributed by atoms with Gasteiger partial charge in [0, 0.05) is 16.9 Å². The lowest BCUT2D eigenvalue weighted by Crippen LogP contribution is -3.12. The second-order valence-corrected chi connectivity index (χ2v) is 8.24. The van der Waals surface area contributed by atoms with Gasteiger partial charge in [0.1, 0.15) is 5.00 Å². The standard InChI is InChI=1S/C18H27N3O5S/c1-5-21(6-2)8-7-19-14(22)15(23)20-16-13(17(24)25)11-9-18(3,4)26-10-12(11)27-16/h5-10H2,1-4H3,(H,19,22)(H,20,23)(H,24,25). The van der Waals surface area contributed by atoms with Crippen molar-refractivity contribution in [3.8, 4) is 0 Å². The number of quaternary nitrogens is 1. The number of hydrogen-bond acceptors (Lipinski definition) is 6. The lowest BCUT2D eigenvalue weighted by molar-refractivity contribution is -0.895. The Labute approximate surface area is 162 Å². The summed E-state index contributed by atoms with van der Waals surface area (Å²) < 4.78 is 5.69. The van der Waals surface area contributed by atoms with E-state index in [4.69, 9.17) is 4.74 Å². The third kappa shape index (κ3) is 5.27. The normalized spacial score (nSPS) is 15.3. The van der Waals surface area contributed by atoms with E-state index in [0.717, 1.165) is 35.8 Å². The van der Waals surface area contributed by atoms with Crippen molar-refractivity contribution < 1.29 is 29.1 Å². The van der Waals surface area contributed by atoms with Crippen molar-refractivity contribution in [1.82, 2.24) is 5.32 Å². The fourth-order valence-corrected chi connectivity index (χ4v) is 4.17. The number of fused-ring (bicyclic) bond motifs is 1. The van der Waals surface area contributed by atoms with Crippen LogP contribution in [0.4, 0.5) is 5.00 Å². The van der Waals surface area contributed by atoms with Crippen LogP contribution >= 0.6 is 11.3 Å². The minimum atomic E-state index is -1.37. The first kappa shape index (κ1) is 21.3. The summed E-state index contributed by atoms with van der Waals surface area (Å²) in [4.78, 5) is 37.9. The number of ether oxygens (including phenoxy) is 1. The zero-order chi connectivity index (χ0) is 20.2. The molecule has 3 N–H and O–H groups in total. The minimum Gasteiger partial charge on any atom is -0.545 e. The summed E-state index contributed by atoms with van der Waals surface area (Å²) >= 11 is 1.11. The van der Waals surface area contributed by atoms with Crippen LogP contribution < -0.4 is 20.6 Å². The number of carbonyl (C=O) groups is 3. The summed E-state index contributed by atoms with van der Waals surface area (Å²) in [7, 11) is 0. The topological polar surface area (TPSA) is 112 Å². The van der Waals surface area contributed by atoms with E-state index in [1.54, 1.807) is 0 Å². The molecule has 0 spiro atoms. The minimum absolute atomic E-state index is 0.0555. The maximum absolute atomic E-state index is 12.2. The van der Waals surface area contributed by atoms with Gasteiger partial charge in [-0.05, 0) is 33.3 Å². The number of aromatic carboxylic acids is 1. The van der Waals surface area contributed by atoms with Crippen LogP contribution in [-0.4, -0.2) is 49.6 Å². The van der Waals surface area contributed by atoms with Crippen LogP contribution in [0.2, 0.25) is 0 Å². The highest BCUT2D eigenvalue weighted by Gasteiger charge is 2.32. The highest BCUT2D eigenvalue weighted by atomic mass is 32.1. The molecule has 2 heterocycles. The van der Waals surface area contributed by atoms with E-state index >= 15 is 0 Å². The van der Waals surface area contributed by atoms with Crippen molar-refractivity contribution in [3.05, 3.63) is 16.0 Å². The first-order valence-electron chi connectivity index (χ1n) is 9.11. The SMILES string of the molecule is CC[NH+](CC)CCNC(=O)C(=O)Nc1sc2c(c1C(=O)[O-])CC(C)(C)OC2. The summed E-state index contributed by atoms with van der Waals surface area (Å²) in [6.45, 7) is 11.1. The lowest BCUT2D eigenvalue weighted by atomic mass is 9.93. The summed E-state index contributed by atoms with van der Waals surface area (Å²) in [5.74, 6) is -3.04. The Kier molecular flexibility index (Phi) is 6.96. The van der Waals surface area contributed by atoms with Gasteiger partial charge in [0.05, 0.1) is 44.4 Å². The van der Waals surface area contributed by atoms with E-state index in [2.05, 4.69) is 24.5 Å². The molecule has 8 nitrogen and oxygen atoms in total. The van der Waals surface area contributed by atoms with Gasteiger partial charge < -0.3 is 30.2 Å². The Hall–Kier alpha value is -1.97. The molecule has 0 atom stereocenters. The number of likely N-dealkylation sites (N-methyl/N-ethyl adjacent to an activating group) is 1. The molecule has 1 aromatic rings. The average molecular weight is 397 g/mol. The van der Waals surface area contributed by atoms with Crippen LogP contribution in [-0.2, 0) is 27.4 Å². The molecule has 0 bridgehead atoms. The fourth-order valence-electron chi connectivity index (χ4n) is 3.05. The van der Waals surface area contributed by atoms with Crippen molar-refractivity contribution in [1.29, 1.82) is 0 Å². The molecular formula is C18H27N3O5S. The zero-order valence-electron chi connectivity index (χ0n) is 16.2. The molecule has 0 saturated carbocycles. The number of nitrogens with one attached hydrogen (secondary N) is 3. The Morgan fingerprint density at radius 1 is 1.22 bits per heavy atom. The van der Waals surface area contributed by atoms with E-state index in [0.29, 0.717) is 18.5 Å². The van der Waals surface area contributed by atoms with Gasteiger partial charge in [-0.2, -0.15) is 0 Å². The molecule has 0 radical (unpaired) electrons. The zero-order valence-corrected chi connectivity index (χ0v) is 17.0. The molecule has 27 heavy (non-hydrogen) atoms. The Morgan fingerprint density at radius 3 is 2.48 bits per heavy atom. The monoisotopic (exact) mass is 397 g/mol. The molecule has 2 rings (SSSR count). The van der Waals surface area contributed by atoms with Gasteiger partial charge in [0.25, 0.3) is 0 Å². The summed E-state index contributed by atoms with van der Waals surface area (Å²) in [5, 5.41) is 16.7. The van der Waals surface area contributed by atoms with Crippen LogP contribution in [0.1, 0.15) is 48.5 Å². The predicted molar refractivity (Wildman–Crippen MR) is 99.8 cm³/mol. The number of carboxylic acid groups (broad SMARTS) is 1. The van der Waals surface area contributed by atoms with Crippen molar-refractivity contribution in [3.63, 3.8) is 0 Å². The predicted octanol–water partition coefficient (Wildman–Crippen LogP) is -1.06. The number of hydrogen-bond donors (Lipinski definition) is 3. The first-order chi connectivity index (χ1) is 12.7. The Bertz CT molecular complexity index is 725. The van der Waals surface area contributed by atoms with Crippen molar-refractivity contribution >= 4 is 34.1 Å². The highest BCUT2D eigenvalue weighted by molar-refractivity contribution is 7.17. The molecular weight excluding hydrogens is 370 g/mol. The number of thiophene rings is 1. The average Bonchev–Trinajstić information content (AvgIpc) is 2.94. The summed E-state index contributed by atoms with van der Waals surface area (Å²) in [5.41, 5.74) is 0.0566. The highest BCUT2D eigenvalue weighted by Crippen LogP contribution is 2.40. The van der Waals surface area contributed by atoms with E-state index < -0.39 is 23.4 Å². The van der Waals surface area contributed by atoms with E-state index in [1.165, 1.54) is 4.90 Å². The van der Waals surface area contributed by atoms with Gasteiger partial charge in [-0.3, -0.25) is 9.59 Å². The largest absolute Gasteiger partial charge is 0.545 e. The molecule has 9 heteroatoms. The van der Waals surface area contributed by atoms with Crippen molar-refractivity contribution in [2.75, 3.05) is 31.5 Å². The van der Waals surface area contributed by atoms with Crippen LogP contribution in [0.3, 0.4) is 0 Å². The Balaban J connectivity index is 2.06. The molecule has 2 amide bonds. The lowest BCUT2D eigenvalue weighted by Gasteiger charge is -2.30. The molecule has 0 fully saturated rings. The second-order valence-electron chi connectivity index (χ2n) is 7.14. The quantitative estimate of drug-likeness (QED) is 0.508. The maximum Gasteiger partial charge on any atom is 0.314 e. The van der Waals surface area contributed by atoms with Crippen molar-refractivity contribution in [2.24, 2.45) is 0 Å². The van der Waals surface area contributed by atoms with Gasteiger partial charge in [0.2, 0.25) is 0 Å². The molecule has 150 valence electrons. The molecule has 1 aliphatic heterocycles. The summed E-state index contributed by atoms with van der Waals surface area (Å²) in [6, 6.07) is 0. The number of anilines is 1. The third-order valence-corrected chi connectivity index (χ3v) is 5.81. The molecule has 0 saturated heterocycles. The van der Waals surface area contributed by atoms with Crippen LogP contribution in [0, 0.1) is 0 Å². The van der Waals surface area contributed by atoms with E-state index in [1.807, 2.05) is 13.8 Å². The van der Waals surface area contributed by atoms with E-state index in [9.17, 15) is 19.5 Å². The third-order valence-electron chi connectivity index (χ3n) is 4.69. The molecule has 0 aromatic carbocycles. The van der Waals surface area contributed by atoms with Gasteiger partial charge in [-0.15, -0.1) is 11.3 Å². The second kappa shape index (κ2) is 8.81. The molecule has 1 aliphatic rings. The van der Waals surface area contributed by atoms with Gasteiger partial charge in [0.15, 0.2) is 0 Å². The number of amides is 2. The molecule has 0 unspecified atom stereocenters.